The van der Waals surface area contributed by atoms with Crippen molar-refractivity contribution in [1.29, 1.82) is 0 Å². The number of carbonyl (C=O) groups excluding carboxylic acids is 3. The van der Waals surface area contributed by atoms with E-state index in [4.69, 9.17) is 5.11 Å². The normalized spacial score (nSPS) is 18.1. The molecule has 1 aromatic rings. The summed E-state index contributed by atoms with van der Waals surface area (Å²) in [6.45, 7) is -0.0616. The monoisotopic (exact) mass is 302 g/mol. The molecule has 1 aromatic carbocycles. The summed E-state index contributed by atoms with van der Waals surface area (Å²) in [6.07, 6.45) is 0.697. The molecule has 1 aliphatic carbocycles. The van der Waals surface area contributed by atoms with Gasteiger partial charge in [-0.3, -0.25) is 19.3 Å². The number of carbonyl (C=O) groups is 4. The van der Waals surface area contributed by atoms with E-state index in [1.807, 2.05) is 0 Å². The number of fused-ring (bicyclic) bond motifs is 1. The molecule has 0 bridgehead atoms. The molecule has 2 aliphatic rings. The minimum absolute atomic E-state index is 0.0616. The second kappa shape index (κ2) is 4.94. The van der Waals surface area contributed by atoms with Gasteiger partial charge in [0.25, 0.3) is 11.8 Å². The Kier molecular flexibility index (Phi) is 3.20. The number of amides is 3. The standard InChI is InChI=1S/C15H14N2O5/c18-11(16-15(6-7-15)14(21)22)5-8-17-12(19)9-3-1-2-4-10(9)13(17)20/h1-4H,5-8H2,(H,16,18)(H,21,22). The van der Waals surface area contributed by atoms with Crippen molar-refractivity contribution in [3.8, 4) is 0 Å². The number of nitrogens with one attached hydrogen (secondary N) is 1. The number of hydrogen-bond acceptors (Lipinski definition) is 4. The molecule has 3 rings (SSSR count). The van der Waals surface area contributed by atoms with Crippen molar-refractivity contribution < 1.29 is 24.3 Å². The summed E-state index contributed by atoms with van der Waals surface area (Å²) in [5, 5.41) is 11.5. The minimum atomic E-state index is -1.15. The summed E-state index contributed by atoms with van der Waals surface area (Å²) in [6, 6.07) is 6.48. The van der Waals surface area contributed by atoms with Crippen molar-refractivity contribution in [2.24, 2.45) is 0 Å². The molecule has 1 fully saturated rings. The summed E-state index contributed by atoms with van der Waals surface area (Å²) >= 11 is 0. The third kappa shape index (κ3) is 2.24. The molecule has 7 heteroatoms. The van der Waals surface area contributed by atoms with Gasteiger partial charge in [-0.05, 0) is 25.0 Å². The quantitative estimate of drug-likeness (QED) is 0.766. The highest BCUT2D eigenvalue weighted by Gasteiger charge is 2.51. The Morgan fingerprint density at radius 1 is 1.14 bits per heavy atom. The number of benzene rings is 1. The van der Waals surface area contributed by atoms with E-state index in [0.29, 0.717) is 24.0 Å². The lowest BCUT2D eigenvalue weighted by atomic mass is 10.1. The first-order valence-electron chi connectivity index (χ1n) is 6.94. The summed E-state index contributed by atoms with van der Waals surface area (Å²) in [5.74, 6) is -2.38. The number of rotatable bonds is 5. The van der Waals surface area contributed by atoms with Crippen LogP contribution >= 0.6 is 0 Å². The Morgan fingerprint density at radius 3 is 2.14 bits per heavy atom. The molecule has 0 unspecified atom stereocenters. The van der Waals surface area contributed by atoms with Crippen molar-refractivity contribution in [1.82, 2.24) is 10.2 Å². The fourth-order valence-electron chi connectivity index (χ4n) is 2.50. The largest absolute Gasteiger partial charge is 0.480 e. The second-order valence-electron chi connectivity index (χ2n) is 5.49. The predicted octanol–water partition coefficient (Wildman–Crippen LogP) is 0.406. The van der Waals surface area contributed by atoms with Crippen molar-refractivity contribution >= 4 is 23.7 Å². The molecule has 0 aromatic heterocycles. The van der Waals surface area contributed by atoms with Gasteiger partial charge in [0.2, 0.25) is 5.91 Å². The van der Waals surface area contributed by atoms with E-state index in [1.54, 1.807) is 24.3 Å². The van der Waals surface area contributed by atoms with Crippen LogP contribution in [0.4, 0.5) is 0 Å². The van der Waals surface area contributed by atoms with E-state index in [9.17, 15) is 19.2 Å². The Bertz CT molecular complexity index is 658. The zero-order valence-corrected chi connectivity index (χ0v) is 11.7. The maximum atomic E-state index is 12.1. The topological polar surface area (TPSA) is 104 Å². The first-order chi connectivity index (χ1) is 10.4. The molecule has 22 heavy (non-hydrogen) atoms. The molecule has 2 N–H and O–H groups in total. The van der Waals surface area contributed by atoms with Crippen LogP contribution < -0.4 is 5.32 Å². The van der Waals surface area contributed by atoms with Gasteiger partial charge >= 0.3 is 5.97 Å². The first kappa shape index (κ1) is 14.2. The Balaban J connectivity index is 1.61. The van der Waals surface area contributed by atoms with Crippen LogP contribution in [0.25, 0.3) is 0 Å². The van der Waals surface area contributed by atoms with E-state index >= 15 is 0 Å². The van der Waals surface area contributed by atoms with Gasteiger partial charge in [0.05, 0.1) is 11.1 Å². The molecule has 1 heterocycles. The van der Waals surface area contributed by atoms with Crippen LogP contribution in [-0.2, 0) is 9.59 Å². The lowest BCUT2D eigenvalue weighted by Crippen LogP contribution is -2.44. The zero-order valence-electron chi connectivity index (χ0n) is 11.7. The van der Waals surface area contributed by atoms with Gasteiger partial charge in [-0.2, -0.15) is 0 Å². The summed E-state index contributed by atoms with van der Waals surface area (Å²) in [7, 11) is 0. The highest BCUT2D eigenvalue weighted by molar-refractivity contribution is 6.21. The molecule has 0 atom stereocenters. The lowest BCUT2D eigenvalue weighted by molar-refractivity contribution is -0.143. The molecular formula is C15H14N2O5. The van der Waals surface area contributed by atoms with Crippen LogP contribution in [0.15, 0.2) is 24.3 Å². The van der Waals surface area contributed by atoms with Gasteiger partial charge in [0, 0.05) is 13.0 Å². The first-order valence-corrected chi connectivity index (χ1v) is 6.94. The summed E-state index contributed by atoms with van der Waals surface area (Å²) in [4.78, 5) is 48.0. The van der Waals surface area contributed by atoms with E-state index in [1.165, 1.54) is 0 Å². The Hall–Kier alpha value is -2.70. The van der Waals surface area contributed by atoms with Crippen LogP contribution in [0.3, 0.4) is 0 Å². The Labute approximate surface area is 125 Å². The van der Waals surface area contributed by atoms with Crippen LogP contribution in [-0.4, -0.2) is 45.8 Å². The number of carboxylic acids is 1. The third-order valence-electron chi connectivity index (χ3n) is 3.98. The van der Waals surface area contributed by atoms with Crippen LogP contribution in [0.1, 0.15) is 40.0 Å². The average Bonchev–Trinajstić information content (AvgIpc) is 3.23. The molecule has 0 spiro atoms. The number of carboxylic acid groups (broad SMARTS) is 1. The smallest absolute Gasteiger partial charge is 0.329 e. The highest BCUT2D eigenvalue weighted by atomic mass is 16.4. The van der Waals surface area contributed by atoms with Crippen molar-refractivity contribution in [2.45, 2.75) is 24.8 Å². The number of nitrogens with zero attached hydrogens (tertiary/aromatic N) is 1. The van der Waals surface area contributed by atoms with E-state index in [0.717, 1.165) is 4.90 Å². The molecule has 3 amide bonds. The van der Waals surface area contributed by atoms with Crippen molar-refractivity contribution in [3.05, 3.63) is 35.4 Å². The summed E-state index contributed by atoms with van der Waals surface area (Å²) in [5.41, 5.74) is -0.492. The van der Waals surface area contributed by atoms with Gasteiger partial charge in [-0.15, -0.1) is 0 Å². The maximum absolute atomic E-state index is 12.1. The van der Waals surface area contributed by atoms with Crippen LogP contribution in [0.5, 0.6) is 0 Å². The number of aliphatic carboxylic acids is 1. The van der Waals surface area contributed by atoms with Gasteiger partial charge in [-0.25, -0.2) is 4.79 Å². The van der Waals surface area contributed by atoms with Crippen LogP contribution in [0.2, 0.25) is 0 Å². The van der Waals surface area contributed by atoms with Crippen molar-refractivity contribution in [2.75, 3.05) is 6.54 Å². The molecule has 1 aliphatic heterocycles. The summed E-state index contributed by atoms with van der Waals surface area (Å²) < 4.78 is 0. The fraction of sp³-hybridized carbons (Fsp3) is 0.333. The highest BCUT2D eigenvalue weighted by Crippen LogP contribution is 2.35. The molecular weight excluding hydrogens is 288 g/mol. The van der Waals surface area contributed by atoms with Crippen molar-refractivity contribution in [3.63, 3.8) is 0 Å². The van der Waals surface area contributed by atoms with Crippen LogP contribution in [0, 0.1) is 0 Å². The number of hydrogen-bond donors (Lipinski definition) is 2. The van der Waals surface area contributed by atoms with E-state index in [2.05, 4.69) is 5.32 Å². The average molecular weight is 302 g/mol. The zero-order chi connectivity index (χ0) is 15.9. The Morgan fingerprint density at radius 2 is 1.68 bits per heavy atom. The molecule has 0 radical (unpaired) electrons. The minimum Gasteiger partial charge on any atom is -0.480 e. The SMILES string of the molecule is O=C(CCN1C(=O)c2ccccc2C1=O)NC1(C(=O)O)CC1. The fourth-order valence-corrected chi connectivity index (χ4v) is 2.50. The molecule has 114 valence electrons. The van der Waals surface area contributed by atoms with Gasteiger partial charge in [0.1, 0.15) is 5.54 Å². The lowest BCUT2D eigenvalue weighted by Gasteiger charge is -2.16. The third-order valence-corrected chi connectivity index (χ3v) is 3.98. The van der Waals surface area contributed by atoms with Gasteiger partial charge in [0.15, 0.2) is 0 Å². The molecule has 7 nitrogen and oxygen atoms in total. The van der Waals surface area contributed by atoms with Gasteiger partial charge < -0.3 is 10.4 Å². The second-order valence-corrected chi connectivity index (χ2v) is 5.49. The molecule has 0 saturated heterocycles. The predicted molar refractivity (Wildman–Crippen MR) is 74.2 cm³/mol. The van der Waals surface area contributed by atoms with Gasteiger partial charge in [-0.1, -0.05) is 12.1 Å². The molecule has 1 saturated carbocycles. The maximum Gasteiger partial charge on any atom is 0.329 e. The van der Waals surface area contributed by atoms with E-state index in [-0.39, 0.29) is 13.0 Å². The van der Waals surface area contributed by atoms with E-state index < -0.39 is 29.2 Å². The number of imide groups is 1.